The highest BCUT2D eigenvalue weighted by Crippen LogP contribution is 2.33. The van der Waals surface area contributed by atoms with Crippen LogP contribution in [0.4, 0.5) is 4.79 Å². The molecular weight excluding hydrogens is 406 g/mol. The predicted molar refractivity (Wildman–Crippen MR) is 122 cm³/mol. The number of benzene rings is 1. The third kappa shape index (κ3) is 3.61. The van der Waals surface area contributed by atoms with Crippen molar-refractivity contribution in [2.24, 2.45) is 5.92 Å². The van der Waals surface area contributed by atoms with Crippen LogP contribution in [0.15, 0.2) is 40.8 Å². The van der Waals surface area contributed by atoms with E-state index >= 15 is 0 Å². The van der Waals surface area contributed by atoms with E-state index in [0.29, 0.717) is 22.8 Å². The molecule has 2 aromatic heterocycles. The van der Waals surface area contributed by atoms with E-state index in [1.165, 1.54) is 0 Å². The molecule has 32 heavy (non-hydrogen) atoms. The van der Waals surface area contributed by atoms with Crippen molar-refractivity contribution in [3.63, 3.8) is 0 Å². The van der Waals surface area contributed by atoms with Crippen LogP contribution in [0.2, 0.25) is 0 Å². The predicted octanol–water partition coefficient (Wildman–Crippen LogP) is 4.55. The molecule has 168 valence electrons. The molecule has 3 heterocycles. The maximum absolute atomic E-state index is 13.2. The van der Waals surface area contributed by atoms with Gasteiger partial charge in [-0.25, -0.2) is 4.79 Å². The van der Waals surface area contributed by atoms with E-state index in [1.807, 2.05) is 38.1 Å². The maximum Gasteiger partial charge on any atom is 0.325 e. The largest absolute Gasteiger partial charge is 0.458 e. The summed E-state index contributed by atoms with van der Waals surface area (Å²) in [7, 11) is 0. The number of nitrogens with zero attached hydrogens (tertiary/aromatic N) is 2. The molecule has 3 amide bonds. The Hall–Kier alpha value is -3.35. The van der Waals surface area contributed by atoms with Crippen LogP contribution in [0, 0.1) is 19.8 Å². The number of Topliss-reactive ketones (excluding diaryl/α,β-unsaturated/α-hetero) is 1. The van der Waals surface area contributed by atoms with E-state index in [4.69, 9.17) is 4.42 Å². The van der Waals surface area contributed by atoms with Crippen LogP contribution in [-0.4, -0.2) is 33.7 Å². The Morgan fingerprint density at radius 3 is 2.56 bits per heavy atom. The van der Waals surface area contributed by atoms with Crippen molar-refractivity contribution < 1.29 is 18.8 Å². The van der Waals surface area contributed by atoms with Gasteiger partial charge in [0, 0.05) is 28.9 Å². The normalized spacial score (nSPS) is 18.8. The zero-order valence-electron chi connectivity index (χ0n) is 19.2. The van der Waals surface area contributed by atoms with E-state index < -0.39 is 17.5 Å². The van der Waals surface area contributed by atoms with Crippen LogP contribution < -0.4 is 5.32 Å². The Labute approximate surface area is 187 Å². The van der Waals surface area contributed by atoms with Crippen LogP contribution in [0.5, 0.6) is 0 Å². The Morgan fingerprint density at radius 1 is 1.16 bits per heavy atom. The lowest BCUT2D eigenvalue weighted by Crippen LogP contribution is -2.41. The molecule has 1 aliphatic heterocycles. The van der Waals surface area contributed by atoms with Gasteiger partial charge >= 0.3 is 6.03 Å². The molecule has 0 bridgehead atoms. The van der Waals surface area contributed by atoms with Crippen molar-refractivity contribution in [3.8, 4) is 0 Å². The summed E-state index contributed by atoms with van der Waals surface area (Å²) in [5.41, 5.74) is 1.68. The lowest BCUT2D eigenvalue weighted by atomic mass is 9.98. The number of carbonyl (C=O) groups is 3. The van der Waals surface area contributed by atoms with Gasteiger partial charge in [-0.2, -0.15) is 0 Å². The number of amides is 3. The van der Waals surface area contributed by atoms with Gasteiger partial charge in [-0.3, -0.25) is 14.5 Å². The molecule has 1 N–H and O–H groups in total. The number of imide groups is 1. The molecule has 1 unspecified atom stereocenters. The summed E-state index contributed by atoms with van der Waals surface area (Å²) < 4.78 is 7.97. The molecule has 1 aromatic carbocycles. The van der Waals surface area contributed by atoms with Crippen molar-refractivity contribution in [1.29, 1.82) is 0 Å². The first-order valence-electron chi connectivity index (χ1n) is 10.9. The first-order valence-corrected chi connectivity index (χ1v) is 10.9. The first kappa shape index (κ1) is 21.9. The number of aromatic nitrogens is 1. The minimum atomic E-state index is -1.36. The van der Waals surface area contributed by atoms with Gasteiger partial charge in [-0.15, -0.1) is 0 Å². The zero-order chi connectivity index (χ0) is 23.2. The van der Waals surface area contributed by atoms with Gasteiger partial charge in [-0.05, 0) is 51.3 Å². The number of rotatable bonds is 7. The van der Waals surface area contributed by atoms with Gasteiger partial charge < -0.3 is 14.3 Å². The maximum atomic E-state index is 13.2. The summed E-state index contributed by atoms with van der Waals surface area (Å²) in [5, 5.41) is 3.56. The molecule has 4 rings (SSSR count). The van der Waals surface area contributed by atoms with Crippen molar-refractivity contribution >= 4 is 28.7 Å². The molecule has 1 aliphatic rings. The van der Waals surface area contributed by atoms with Crippen LogP contribution in [0.3, 0.4) is 0 Å². The number of furan rings is 1. The Morgan fingerprint density at radius 2 is 1.88 bits per heavy atom. The molecule has 3 aromatic rings. The zero-order valence-corrected chi connectivity index (χ0v) is 19.2. The number of para-hydroxylation sites is 1. The van der Waals surface area contributed by atoms with E-state index in [1.54, 1.807) is 19.1 Å². The van der Waals surface area contributed by atoms with Crippen molar-refractivity contribution in [1.82, 2.24) is 14.8 Å². The number of hydrogen-bond donors (Lipinski definition) is 1. The fraction of sp³-hybridized carbons (Fsp3) is 0.400. The van der Waals surface area contributed by atoms with Crippen molar-refractivity contribution in [3.05, 3.63) is 59.1 Å². The van der Waals surface area contributed by atoms with Gasteiger partial charge in [-0.1, -0.05) is 32.0 Å². The highest BCUT2D eigenvalue weighted by Gasteiger charge is 2.51. The molecule has 7 heteroatoms. The second-order valence-corrected chi connectivity index (χ2v) is 9.14. The second-order valence-electron chi connectivity index (χ2n) is 9.14. The number of carbonyl (C=O) groups excluding carboxylic acids is 3. The molecule has 7 nitrogen and oxygen atoms in total. The van der Waals surface area contributed by atoms with E-state index in [9.17, 15) is 14.4 Å². The number of hydrogen-bond acceptors (Lipinski definition) is 4. The van der Waals surface area contributed by atoms with E-state index in [-0.39, 0.29) is 12.3 Å². The molecule has 1 fully saturated rings. The fourth-order valence-electron chi connectivity index (χ4n) is 4.28. The fourth-order valence-corrected chi connectivity index (χ4v) is 4.28. The molecule has 1 saturated heterocycles. The van der Waals surface area contributed by atoms with Crippen LogP contribution in [-0.2, 0) is 16.9 Å². The van der Waals surface area contributed by atoms with Gasteiger partial charge in [0.25, 0.3) is 5.91 Å². The summed E-state index contributed by atoms with van der Waals surface area (Å²) in [6.45, 7) is 10.3. The van der Waals surface area contributed by atoms with Crippen molar-refractivity contribution in [2.45, 2.75) is 53.1 Å². The Balaban J connectivity index is 1.56. The molecule has 0 aliphatic carbocycles. The highest BCUT2D eigenvalue weighted by molar-refractivity contribution is 6.11. The number of urea groups is 1. The molecular formula is C25H29N3O4. The minimum Gasteiger partial charge on any atom is -0.458 e. The first-order chi connectivity index (χ1) is 15.1. The molecule has 0 saturated carbocycles. The van der Waals surface area contributed by atoms with Crippen molar-refractivity contribution in [2.75, 3.05) is 6.54 Å². The lowest BCUT2D eigenvalue weighted by molar-refractivity contribution is -0.131. The van der Waals surface area contributed by atoms with Crippen LogP contribution >= 0.6 is 0 Å². The average molecular weight is 436 g/mol. The van der Waals surface area contributed by atoms with Gasteiger partial charge in [0.1, 0.15) is 11.3 Å². The monoisotopic (exact) mass is 435 g/mol. The molecule has 1 atom stereocenters. The third-order valence-electron chi connectivity index (χ3n) is 6.30. The smallest absolute Gasteiger partial charge is 0.325 e. The van der Waals surface area contributed by atoms with E-state index in [0.717, 1.165) is 34.6 Å². The topological polar surface area (TPSA) is 84.6 Å². The molecule has 0 spiro atoms. The lowest BCUT2D eigenvalue weighted by Gasteiger charge is -2.18. The van der Waals surface area contributed by atoms with Crippen LogP contribution in [0.25, 0.3) is 11.0 Å². The molecule has 0 radical (unpaired) electrons. The minimum absolute atomic E-state index is 0.258. The summed E-state index contributed by atoms with van der Waals surface area (Å²) in [6.07, 6.45) is 1.01. The summed E-state index contributed by atoms with van der Waals surface area (Å²) in [4.78, 5) is 40.0. The van der Waals surface area contributed by atoms with Gasteiger partial charge in [0.05, 0.1) is 6.54 Å². The van der Waals surface area contributed by atoms with Gasteiger partial charge in [0.15, 0.2) is 11.3 Å². The standard InChI is InChI=1S/C25H29N3O4/c1-15(2)10-11-27-16(3)12-19(17(27)4)20(29)14-28-23(30)25(5,26-24(28)31)22-13-18-8-6-7-9-21(18)32-22/h6-9,12-13,15H,10-11,14H2,1-5H3,(H,26,31). The summed E-state index contributed by atoms with van der Waals surface area (Å²) >= 11 is 0. The average Bonchev–Trinajstić information content (AvgIpc) is 3.36. The number of nitrogens with one attached hydrogen (secondary N) is 1. The Bertz CT molecular complexity index is 1190. The number of aryl methyl sites for hydroxylation is 1. The Kier molecular flexibility index (Phi) is 5.44. The van der Waals surface area contributed by atoms with E-state index in [2.05, 4.69) is 23.7 Å². The highest BCUT2D eigenvalue weighted by atomic mass is 16.3. The number of fused-ring (bicyclic) bond motifs is 1. The summed E-state index contributed by atoms with van der Waals surface area (Å²) in [6, 6.07) is 10.4. The SMILES string of the molecule is Cc1cc(C(=O)CN2C(=O)NC(C)(c3cc4ccccc4o3)C2=O)c(C)n1CCC(C)C. The third-order valence-corrected chi connectivity index (χ3v) is 6.30. The quantitative estimate of drug-likeness (QED) is 0.436. The second kappa shape index (κ2) is 7.97. The summed E-state index contributed by atoms with van der Waals surface area (Å²) in [5.74, 6) is 0.144. The van der Waals surface area contributed by atoms with Crippen LogP contribution in [0.1, 0.15) is 54.7 Å². The van der Waals surface area contributed by atoms with Gasteiger partial charge in [0.2, 0.25) is 0 Å². The number of ketones is 1.